The lowest BCUT2D eigenvalue weighted by Gasteiger charge is -2.24. The second kappa shape index (κ2) is 11.8. The monoisotopic (exact) mass is 363 g/mol. The molecule has 0 saturated carbocycles. The Morgan fingerprint density at radius 3 is 2.65 bits per heavy atom. The van der Waals surface area contributed by atoms with Gasteiger partial charge in [0.2, 0.25) is 0 Å². The molecule has 0 spiro atoms. The summed E-state index contributed by atoms with van der Waals surface area (Å²) in [7, 11) is 3.86. The van der Waals surface area contributed by atoms with Crippen LogP contribution in [0, 0.1) is 0 Å². The number of hydrogen-bond donors (Lipinski definition) is 1. The highest BCUT2D eigenvalue weighted by Gasteiger charge is 2.13. The zero-order valence-corrected chi connectivity index (χ0v) is 16.4. The van der Waals surface area contributed by atoms with Crippen LogP contribution in [0.15, 0.2) is 29.3 Å². The summed E-state index contributed by atoms with van der Waals surface area (Å²) in [6, 6.07) is 8.21. The van der Waals surface area contributed by atoms with E-state index >= 15 is 0 Å². The molecule has 1 aromatic carbocycles. The molecule has 1 saturated heterocycles. The van der Waals surface area contributed by atoms with Crippen molar-refractivity contribution in [1.82, 2.24) is 10.2 Å². The lowest BCUT2D eigenvalue weighted by Crippen LogP contribution is -2.39. The number of nitrogens with one attached hydrogen (secondary N) is 1. The van der Waals surface area contributed by atoms with Gasteiger partial charge in [-0.2, -0.15) is 0 Å². The molecule has 1 heterocycles. The molecule has 2 rings (SSSR count). The summed E-state index contributed by atoms with van der Waals surface area (Å²) in [5.41, 5.74) is 1.22. The van der Waals surface area contributed by atoms with E-state index in [9.17, 15) is 0 Å². The molecule has 1 aromatic rings. The van der Waals surface area contributed by atoms with Crippen molar-refractivity contribution in [3.8, 4) is 5.75 Å². The third-order valence-corrected chi connectivity index (χ3v) is 4.35. The van der Waals surface area contributed by atoms with Crippen LogP contribution in [0.5, 0.6) is 5.75 Å². The number of guanidine groups is 1. The first-order valence-corrected chi connectivity index (χ1v) is 9.55. The molecule has 6 heteroatoms. The maximum Gasteiger partial charge on any atom is 0.193 e. The number of ether oxygens (including phenoxy) is 3. The molecule has 0 amide bonds. The van der Waals surface area contributed by atoms with E-state index in [1.807, 2.05) is 33.2 Å². The van der Waals surface area contributed by atoms with Gasteiger partial charge >= 0.3 is 0 Å². The Bertz CT molecular complexity index is 528. The van der Waals surface area contributed by atoms with Crippen molar-refractivity contribution in [2.75, 3.05) is 47.1 Å². The van der Waals surface area contributed by atoms with Gasteiger partial charge in [-0.15, -0.1) is 0 Å². The molecule has 0 unspecified atom stereocenters. The Hall–Kier alpha value is -1.79. The van der Waals surface area contributed by atoms with Gasteiger partial charge in [-0.3, -0.25) is 4.99 Å². The van der Waals surface area contributed by atoms with Gasteiger partial charge in [0.1, 0.15) is 5.75 Å². The van der Waals surface area contributed by atoms with E-state index in [1.165, 1.54) is 5.56 Å². The molecule has 0 aromatic heterocycles. The van der Waals surface area contributed by atoms with Crippen LogP contribution in [-0.4, -0.2) is 64.0 Å². The number of aliphatic imine (C=N–C) groups is 1. The minimum atomic E-state index is 0.366. The zero-order valence-electron chi connectivity index (χ0n) is 16.4. The lowest BCUT2D eigenvalue weighted by molar-refractivity contribution is -0.0320. The molecule has 0 bridgehead atoms. The summed E-state index contributed by atoms with van der Waals surface area (Å²) >= 11 is 0. The van der Waals surface area contributed by atoms with Gasteiger partial charge in [0.25, 0.3) is 0 Å². The molecule has 1 fully saturated rings. The largest absolute Gasteiger partial charge is 0.494 e. The number of benzene rings is 1. The van der Waals surface area contributed by atoms with Gasteiger partial charge in [0.15, 0.2) is 5.96 Å². The third kappa shape index (κ3) is 7.22. The Morgan fingerprint density at radius 1 is 1.27 bits per heavy atom. The van der Waals surface area contributed by atoms with Crippen molar-refractivity contribution in [3.63, 3.8) is 0 Å². The lowest BCUT2D eigenvalue weighted by atomic mass is 10.1. The van der Waals surface area contributed by atoms with Crippen molar-refractivity contribution in [3.05, 3.63) is 29.8 Å². The van der Waals surface area contributed by atoms with E-state index in [0.717, 1.165) is 63.9 Å². The Balaban J connectivity index is 1.66. The fourth-order valence-electron chi connectivity index (χ4n) is 2.96. The van der Waals surface area contributed by atoms with Crippen LogP contribution in [0.1, 0.15) is 31.7 Å². The fourth-order valence-corrected chi connectivity index (χ4v) is 2.96. The van der Waals surface area contributed by atoms with Gasteiger partial charge in [-0.1, -0.05) is 12.1 Å². The van der Waals surface area contributed by atoms with E-state index in [2.05, 4.69) is 27.3 Å². The minimum absolute atomic E-state index is 0.366. The molecule has 1 aliphatic heterocycles. The second-order valence-electron chi connectivity index (χ2n) is 6.44. The van der Waals surface area contributed by atoms with E-state index in [1.54, 1.807) is 0 Å². The molecule has 1 N–H and O–H groups in total. The summed E-state index contributed by atoms with van der Waals surface area (Å²) in [5, 5.41) is 3.41. The van der Waals surface area contributed by atoms with Crippen molar-refractivity contribution in [2.24, 2.45) is 4.99 Å². The summed E-state index contributed by atoms with van der Waals surface area (Å²) in [6.45, 7) is 6.75. The van der Waals surface area contributed by atoms with Crippen molar-refractivity contribution >= 4 is 5.96 Å². The normalized spacial score (nSPS) is 15.7. The first-order valence-electron chi connectivity index (χ1n) is 9.55. The molecule has 0 aliphatic carbocycles. The average Bonchev–Trinajstić information content (AvgIpc) is 2.67. The van der Waals surface area contributed by atoms with Crippen LogP contribution in [-0.2, 0) is 16.0 Å². The molecule has 26 heavy (non-hydrogen) atoms. The van der Waals surface area contributed by atoms with Crippen LogP contribution >= 0.6 is 0 Å². The highest BCUT2D eigenvalue weighted by molar-refractivity contribution is 5.79. The van der Waals surface area contributed by atoms with E-state index in [4.69, 9.17) is 14.2 Å². The number of rotatable bonds is 9. The first kappa shape index (κ1) is 20.5. The van der Waals surface area contributed by atoms with Crippen molar-refractivity contribution in [2.45, 2.75) is 38.8 Å². The summed E-state index contributed by atoms with van der Waals surface area (Å²) in [4.78, 5) is 6.49. The van der Waals surface area contributed by atoms with Gasteiger partial charge in [0, 0.05) is 47.0 Å². The van der Waals surface area contributed by atoms with Gasteiger partial charge in [-0.25, -0.2) is 0 Å². The van der Waals surface area contributed by atoms with Crippen LogP contribution in [0.4, 0.5) is 0 Å². The standard InChI is InChI=1S/C20H33N3O3/c1-4-25-18-8-6-17(7-9-18)16-23(3)20(21-2)22-12-5-13-26-19-10-14-24-15-11-19/h6-9,19H,4-5,10-16H2,1-3H3,(H,21,22). The maximum atomic E-state index is 5.90. The topological polar surface area (TPSA) is 55.3 Å². The average molecular weight is 364 g/mol. The summed E-state index contributed by atoms with van der Waals surface area (Å²) in [5.74, 6) is 1.80. The summed E-state index contributed by atoms with van der Waals surface area (Å²) < 4.78 is 16.7. The molecular weight excluding hydrogens is 330 g/mol. The van der Waals surface area contributed by atoms with E-state index in [0.29, 0.717) is 12.7 Å². The molecule has 6 nitrogen and oxygen atoms in total. The fraction of sp³-hybridized carbons (Fsp3) is 0.650. The molecule has 146 valence electrons. The highest BCUT2D eigenvalue weighted by Crippen LogP contribution is 2.13. The van der Waals surface area contributed by atoms with Gasteiger partial charge in [-0.05, 0) is 43.9 Å². The van der Waals surface area contributed by atoms with E-state index < -0.39 is 0 Å². The zero-order chi connectivity index (χ0) is 18.6. The third-order valence-electron chi connectivity index (χ3n) is 4.35. The first-order chi connectivity index (χ1) is 12.7. The van der Waals surface area contributed by atoms with Gasteiger partial charge < -0.3 is 24.4 Å². The molecule has 0 radical (unpaired) electrons. The van der Waals surface area contributed by atoms with Gasteiger partial charge in [0.05, 0.1) is 12.7 Å². The number of nitrogens with zero attached hydrogens (tertiary/aromatic N) is 2. The van der Waals surface area contributed by atoms with Crippen LogP contribution in [0.25, 0.3) is 0 Å². The molecule has 0 atom stereocenters. The number of hydrogen-bond acceptors (Lipinski definition) is 4. The molecule has 1 aliphatic rings. The van der Waals surface area contributed by atoms with Crippen LogP contribution in [0.2, 0.25) is 0 Å². The molecular formula is C20H33N3O3. The predicted octanol–water partition coefficient (Wildman–Crippen LogP) is 2.68. The predicted molar refractivity (Wildman–Crippen MR) is 105 cm³/mol. The Labute approximate surface area is 157 Å². The van der Waals surface area contributed by atoms with Crippen LogP contribution in [0.3, 0.4) is 0 Å². The smallest absolute Gasteiger partial charge is 0.193 e. The Kier molecular flexibility index (Phi) is 9.28. The maximum absolute atomic E-state index is 5.90. The van der Waals surface area contributed by atoms with Crippen molar-refractivity contribution < 1.29 is 14.2 Å². The summed E-state index contributed by atoms with van der Waals surface area (Å²) in [6.07, 6.45) is 3.36. The van der Waals surface area contributed by atoms with Crippen molar-refractivity contribution in [1.29, 1.82) is 0 Å². The Morgan fingerprint density at radius 2 is 2.00 bits per heavy atom. The highest BCUT2D eigenvalue weighted by atomic mass is 16.5. The second-order valence-corrected chi connectivity index (χ2v) is 6.44. The minimum Gasteiger partial charge on any atom is -0.494 e. The quantitative estimate of drug-likeness (QED) is 0.415. The SMILES string of the molecule is CCOc1ccc(CN(C)C(=NC)NCCCOC2CCOCC2)cc1. The van der Waals surface area contributed by atoms with Crippen LogP contribution < -0.4 is 10.1 Å². The van der Waals surface area contributed by atoms with E-state index in [-0.39, 0.29) is 0 Å².